The van der Waals surface area contributed by atoms with E-state index in [1.807, 2.05) is 0 Å². The molecule has 0 atom stereocenters. The maximum absolute atomic E-state index is 13.0. The van der Waals surface area contributed by atoms with Gasteiger partial charge in [0.25, 0.3) is 0 Å². The molecule has 0 aliphatic carbocycles. The lowest BCUT2D eigenvalue weighted by molar-refractivity contribution is -0.113. The highest BCUT2D eigenvalue weighted by Crippen LogP contribution is 2.23. The average Bonchev–Trinajstić information content (AvgIpc) is 2.44. The van der Waals surface area contributed by atoms with Gasteiger partial charge in [-0.15, -0.1) is 11.8 Å². The van der Waals surface area contributed by atoms with Crippen LogP contribution in [0.1, 0.15) is 0 Å². The highest BCUT2D eigenvalue weighted by Gasteiger charge is 2.07. The molecule has 0 aliphatic rings. The van der Waals surface area contributed by atoms with Gasteiger partial charge in [0, 0.05) is 10.6 Å². The quantitative estimate of drug-likeness (QED) is 0.660. The summed E-state index contributed by atoms with van der Waals surface area (Å²) in [4.78, 5) is 12.2. The number of amides is 1. The first-order valence-electron chi connectivity index (χ1n) is 5.88. The number of nitrogens with two attached hydrogens (primary N) is 1. The van der Waals surface area contributed by atoms with Crippen LogP contribution in [0, 0.1) is 11.6 Å². The molecule has 0 saturated carbocycles. The summed E-state index contributed by atoms with van der Waals surface area (Å²) in [6, 6.07) is 8.23. The van der Waals surface area contributed by atoms with E-state index in [-0.39, 0.29) is 11.7 Å². The van der Waals surface area contributed by atoms with Crippen LogP contribution in [0.5, 0.6) is 0 Å². The van der Waals surface area contributed by atoms with Gasteiger partial charge in [0.2, 0.25) is 5.91 Å². The first kappa shape index (κ1) is 15.6. The molecule has 2 rings (SSSR count). The van der Waals surface area contributed by atoms with Gasteiger partial charge in [-0.3, -0.25) is 4.79 Å². The van der Waals surface area contributed by atoms with Crippen molar-refractivity contribution in [3.05, 3.63) is 53.1 Å². The second-order valence-corrected chi connectivity index (χ2v) is 5.61. The topological polar surface area (TPSA) is 55.1 Å². The number of benzene rings is 2. The summed E-state index contributed by atoms with van der Waals surface area (Å²) in [5.41, 5.74) is 6.51. The number of hydrogen-bond acceptors (Lipinski definition) is 3. The van der Waals surface area contributed by atoms with Crippen LogP contribution in [0.25, 0.3) is 0 Å². The zero-order chi connectivity index (χ0) is 15.4. The number of thioether (sulfide) groups is 1. The minimum atomic E-state index is -0.939. The maximum Gasteiger partial charge on any atom is 0.234 e. The summed E-state index contributed by atoms with van der Waals surface area (Å²) in [7, 11) is 0. The van der Waals surface area contributed by atoms with Gasteiger partial charge < -0.3 is 11.1 Å². The molecule has 3 nitrogen and oxygen atoms in total. The Bertz CT molecular complexity index is 682. The number of nitrogens with one attached hydrogen (secondary N) is 1. The highest BCUT2D eigenvalue weighted by molar-refractivity contribution is 8.00. The smallest absolute Gasteiger partial charge is 0.234 e. The number of rotatable bonds is 4. The summed E-state index contributed by atoms with van der Waals surface area (Å²) >= 11 is 6.88. The van der Waals surface area contributed by atoms with Gasteiger partial charge in [-0.05, 0) is 36.4 Å². The van der Waals surface area contributed by atoms with Crippen molar-refractivity contribution in [2.45, 2.75) is 4.90 Å². The van der Waals surface area contributed by atoms with Crippen molar-refractivity contribution in [1.82, 2.24) is 0 Å². The molecule has 0 spiro atoms. The second-order valence-electron chi connectivity index (χ2n) is 4.15. The van der Waals surface area contributed by atoms with Crippen LogP contribution in [0.15, 0.2) is 41.3 Å². The van der Waals surface area contributed by atoms with Gasteiger partial charge in [0.05, 0.1) is 16.5 Å². The van der Waals surface area contributed by atoms with E-state index in [2.05, 4.69) is 5.32 Å². The number of anilines is 2. The first-order valence-corrected chi connectivity index (χ1v) is 7.25. The molecule has 0 fully saturated rings. The van der Waals surface area contributed by atoms with Crippen LogP contribution in [0.4, 0.5) is 20.2 Å². The molecule has 0 radical (unpaired) electrons. The molecule has 0 bridgehead atoms. The van der Waals surface area contributed by atoms with Gasteiger partial charge in [-0.1, -0.05) is 11.6 Å². The molecule has 0 aromatic heterocycles. The van der Waals surface area contributed by atoms with Crippen LogP contribution in [-0.4, -0.2) is 11.7 Å². The zero-order valence-corrected chi connectivity index (χ0v) is 12.3. The molecule has 1 amide bonds. The molecule has 0 aliphatic heterocycles. The van der Waals surface area contributed by atoms with Gasteiger partial charge >= 0.3 is 0 Å². The number of carbonyl (C=O) groups excluding carboxylic acids is 1. The highest BCUT2D eigenvalue weighted by atomic mass is 35.5. The van der Waals surface area contributed by atoms with Crippen molar-refractivity contribution in [3.63, 3.8) is 0 Å². The fraction of sp³-hybridized carbons (Fsp3) is 0.0714. The van der Waals surface area contributed by atoms with Crippen molar-refractivity contribution >= 4 is 40.6 Å². The summed E-state index contributed by atoms with van der Waals surface area (Å²) in [5, 5.41) is 3.05. The van der Waals surface area contributed by atoms with Crippen LogP contribution in [-0.2, 0) is 4.79 Å². The fourth-order valence-corrected chi connectivity index (χ4v) is 2.37. The van der Waals surface area contributed by atoms with E-state index in [1.165, 1.54) is 6.07 Å². The predicted octanol–water partition coefficient (Wildman–Crippen LogP) is 3.93. The first-order chi connectivity index (χ1) is 9.95. The van der Waals surface area contributed by atoms with Gasteiger partial charge in [0.15, 0.2) is 11.6 Å². The Labute approximate surface area is 129 Å². The summed E-state index contributed by atoms with van der Waals surface area (Å²) in [6.07, 6.45) is 0. The van der Waals surface area contributed by atoms with Crippen molar-refractivity contribution in [2.24, 2.45) is 0 Å². The average molecular weight is 329 g/mol. The molecule has 0 heterocycles. The minimum Gasteiger partial charge on any atom is -0.397 e. The minimum absolute atomic E-state index is 0.0631. The lowest BCUT2D eigenvalue weighted by Crippen LogP contribution is -2.14. The van der Waals surface area contributed by atoms with E-state index in [0.717, 1.165) is 23.9 Å². The molecule has 110 valence electrons. The van der Waals surface area contributed by atoms with Gasteiger partial charge in [0.1, 0.15) is 0 Å². The van der Waals surface area contributed by atoms with E-state index in [0.29, 0.717) is 21.3 Å². The zero-order valence-electron chi connectivity index (χ0n) is 10.7. The Kier molecular flexibility index (Phi) is 5.03. The molecule has 0 saturated heterocycles. The van der Waals surface area contributed by atoms with Crippen molar-refractivity contribution in [1.29, 1.82) is 0 Å². The summed E-state index contributed by atoms with van der Waals surface area (Å²) in [5.74, 6) is -2.08. The van der Waals surface area contributed by atoms with Crippen LogP contribution >= 0.6 is 23.4 Å². The molecule has 3 N–H and O–H groups in total. The van der Waals surface area contributed by atoms with E-state index in [1.54, 1.807) is 18.2 Å². The Morgan fingerprint density at radius 1 is 1.19 bits per heavy atom. The monoisotopic (exact) mass is 328 g/mol. The number of halogens is 3. The third kappa shape index (κ3) is 4.34. The third-order valence-corrected chi connectivity index (χ3v) is 3.88. The molecule has 2 aromatic rings. The Morgan fingerprint density at radius 3 is 2.62 bits per heavy atom. The lowest BCUT2D eigenvalue weighted by atomic mass is 10.3. The van der Waals surface area contributed by atoms with Crippen molar-refractivity contribution in [3.8, 4) is 0 Å². The van der Waals surface area contributed by atoms with Gasteiger partial charge in [-0.2, -0.15) is 0 Å². The fourth-order valence-electron chi connectivity index (χ4n) is 1.53. The Morgan fingerprint density at radius 2 is 1.95 bits per heavy atom. The van der Waals surface area contributed by atoms with E-state index in [4.69, 9.17) is 17.3 Å². The third-order valence-electron chi connectivity index (χ3n) is 2.54. The standard InChI is InChI=1S/C14H11ClF2N2OS/c15-10-3-1-8(5-13(10)18)19-14(20)7-21-9-2-4-11(16)12(17)6-9/h1-6H,7,18H2,(H,19,20). The van der Waals surface area contributed by atoms with E-state index >= 15 is 0 Å². The van der Waals surface area contributed by atoms with Crippen molar-refractivity contribution < 1.29 is 13.6 Å². The number of carbonyl (C=O) groups is 1. The van der Waals surface area contributed by atoms with Crippen molar-refractivity contribution in [2.75, 3.05) is 16.8 Å². The summed E-state index contributed by atoms with van der Waals surface area (Å²) < 4.78 is 25.8. The molecular weight excluding hydrogens is 318 g/mol. The molecule has 7 heteroatoms. The lowest BCUT2D eigenvalue weighted by Gasteiger charge is -2.07. The second kappa shape index (κ2) is 6.78. The van der Waals surface area contributed by atoms with Crippen LogP contribution in [0.2, 0.25) is 5.02 Å². The van der Waals surface area contributed by atoms with Crippen LogP contribution < -0.4 is 11.1 Å². The molecular formula is C14H11ClF2N2OS. The van der Waals surface area contributed by atoms with Gasteiger partial charge in [-0.25, -0.2) is 8.78 Å². The normalized spacial score (nSPS) is 10.4. The van der Waals surface area contributed by atoms with Crippen LogP contribution in [0.3, 0.4) is 0 Å². The molecule has 2 aromatic carbocycles. The Balaban J connectivity index is 1.92. The number of nitrogen functional groups attached to an aromatic ring is 1. The predicted molar refractivity (Wildman–Crippen MR) is 81.6 cm³/mol. The van der Waals surface area contributed by atoms with E-state index in [9.17, 15) is 13.6 Å². The molecule has 0 unspecified atom stereocenters. The SMILES string of the molecule is Nc1cc(NC(=O)CSc2ccc(F)c(F)c2)ccc1Cl. The Hall–Kier alpha value is -1.79. The maximum atomic E-state index is 13.0. The largest absolute Gasteiger partial charge is 0.397 e. The number of hydrogen-bond donors (Lipinski definition) is 2. The molecule has 21 heavy (non-hydrogen) atoms. The summed E-state index contributed by atoms with van der Waals surface area (Å²) in [6.45, 7) is 0. The van der Waals surface area contributed by atoms with E-state index < -0.39 is 11.6 Å².